The van der Waals surface area contributed by atoms with Gasteiger partial charge in [-0.3, -0.25) is 0 Å². The van der Waals surface area contributed by atoms with E-state index in [0.717, 1.165) is 47.8 Å². The third kappa shape index (κ3) is 5.37. The number of fused-ring (bicyclic) bond motifs is 1. The van der Waals surface area contributed by atoms with Crippen molar-refractivity contribution in [3.8, 4) is 16.9 Å². The number of nitrogens with zero attached hydrogens (tertiary/aromatic N) is 1. The molecule has 0 aliphatic carbocycles. The summed E-state index contributed by atoms with van der Waals surface area (Å²) >= 11 is 0. The van der Waals surface area contributed by atoms with Gasteiger partial charge in [-0.2, -0.15) is 0 Å². The zero-order valence-corrected chi connectivity index (χ0v) is 17.5. The van der Waals surface area contributed by atoms with Gasteiger partial charge >= 0.3 is 0 Å². The molecule has 3 heteroatoms. The van der Waals surface area contributed by atoms with Crippen LogP contribution in [0.5, 0.6) is 5.75 Å². The van der Waals surface area contributed by atoms with Crippen molar-refractivity contribution >= 4 is 11.1 Å². The minimum Gasteiger partial charge on any atom is -0.494 e. The van der Waals surface area contributed by atoms with Gasteiger partial charge in [-0.05, 0) is 48.2 Å². The molecule has 1 aromatic heterocycles. The second kappa shape index (κ2) is 10.3. The van der Waals surface area contributed by atoms with E-state index >= 15 is 0 Å². The van der Waals surface area contributed by atoms with E-state index in [1.54, 1.807) is 0 Å². The predicted molar refractivity (Wildman–Crippen MR) is 117 cm³/mol. The Balaban J connectivity index is 1.57. The monoisotopic (exact) mass is 379 g/mol. The first-order valence-corrected chi connectivity index (χ1v) is 10.8. The molecule has 0 spiro atoms. The smallest absolute Gasteiger partial charge is 0.198 e. The summed E-state index contributed by atoms with van der Waals surface area (Å²) in [6.45, 7) is 7.35. The lowest BCUT2D eigenvalue weighted by molar-refractivity contribution is 0.304. The summed E-state index contributed by atoms with van der Waals surface area (Å²) in [5.74, 6) is 2.12. The molecule has 0 aliphatic heterocycles. The second-order valence-electron chi connectivity index (χ2n) is 7.68. The molecule has 3 aromatic rings. The van der Waals surface area contributed by atoms with Crippen molar-refractivity contribution in [2.75, 3.05) is 6.61 Å². The van der Waals surface area contributed by atoms with Gasteiger partial charge in [0.25, 0.3) is 0 Å². The van der Waals surface area contributed by atoms with E-state index in [1.807, 2.05) is 6.07 Å². The minimum atomic E-state index is 0.346. The van der Waals surface area contributed by atoms with Crippen LogP contribution < -0.4 is 4.74 Å². The van der Waals surface area contributed by atoms with Crippen LogP contribution in [0.4, 0.5) is 0 Å². The van der Waals surface area contributed by atoms with Crippen LogP contribution in [0.2, 0.25) is 0 Å². The van der Waals surface area contributed by atoms with E-state index in [-0.39, 0.29) is 0 Å². The van der Waals surface area contributed by atoms with E-state index in [9.17, 15) is 0 Å². The first kappa shape index (κ1) is 20.4. The van der Waals surface area contributed by atoms with E-state index < -0.39 is 0 Å². The molecule has 0 aliphatic rings. The zero-order valence-electron chi connectivity index (χ0n) is 17.5. The maximum absolute atomic E-state index is 5.89. The Kier molecular flexibility index (Phi) is 7.53. The Morgan fingerprint density at radius 3 is 2.36 bits per heavy atom. The lowest BCUT2D eigenvalue weighted by Crippen LogP contribution is -1.97. The van der Waals surface area contributed by atoms with Gasteiger partial charge in [0, 0.05) is 5.92 Å². The van der Waals surface area contributed by atoms with E-state index in [1.165, 1.54) is 37.7 Å². The summed E-state index contributed by atoms with van der Waals surface area (Å²) < 4.78 is 11.8. The molecular weight excluding hydrogens is 346 g/mol. The Bertz CT molecular complexity index is 851. The fourth-order valence-corrected chi connectivity index (χ4v) is 3.33. The fourth-order valence-electron chi connectivity index (χ4n) is 3.33. The van der Waals surface area contributed by atoms with Gasteiger partial charge in [-0.25, -0.2) is 4.98 Å². The molecule has 2 aromatic carbocycles. The molecule has 0 bridgehead atoms. The van der Waals surface area contributed by atoms with Crippen molar-refractivity contribution in [3.05, 3.63) is 48.4 Å². The molecule has 0 fully saturated rings. The molecule has 150 valence electrons. The van der Waals surface area contributed by atoms with Crippen molar-refractivity contribution in [1.82, 2.24) is 4.98 Å². The molecule has 3 rings (SSSR count). The molecular formula is C25H33NO2. The maximum atomic E-state index is 5.89. The summed E-state index contributed by atoms with van der Waals surface area (Å²) in [5.41, 5.74) is 4.11. The van der Waals surface area contributed by atoms with E-state index in [2.05, 4.69) is 62.2 Å². The van der Waals surface area contributed by atoms with Crippen LogP contribution in [0, 0.1) is 0 Å². The Morgan fingerprint density at radius 2 is 1.61 bits per heavy atom. The average molecular weight is 380 g/mol. The number of aromatic nitrogens is 1. The summed E-state index contributed by atoms with van der Waals surface area (Å²) in [4.78, 5) is 4.67. The minimum absolute atomic E-state index is 0.346. The summed E-state index contributed by atoms with van der Waals surface area (Å²) in [5, 5.41) is 0. The van der Waals surface area contributed by atoms with Crippen LogP contribution in [0.15, 0.2) is 46.9 Å². The molecule has 0 saturated heterocycles. The zero-order chi connectivity index (χ0) is 19.8. The number of hydrogen-bond acceptors (Lipinski definition) is 3. The standard InChI is InChI=1S/C25H33NO2/c1-4-6-7-8-9-10-17-27-22-14-11-20(12-15-22)21-13-16-24-23(18-21)26-25(28-24)19(3)5-2/h11-16,18-19H,4-10,17H2,1-3H3/t19-/m0/s1. The molecule has 3 nitrogen and oxygen atoms in total. The van der Waals surface area contributed by atoms with Gasteiger partial charge in [0.05, 0.1) is 6.61 Å². The molecule has 28 heavy (non-hydrogen) atoms. The van der Waals surface area contributed by atoms with Crippen molar-refractivity contribution < 1.29 is 9.15 Å². The quantitative estimate of drug-likeness (QED) is 0.319. The molecule has 1 atom stereocenters. The molecule has 0 N–H and O–H groups in total. The third-order valence-electron chi connectivity index (χ3n) is 5.39. The molecule has 0 amide bonds. The largest absolute Gasteiger partial charge is 0.494 e. The topological polar surface area (TPSA) is 35.3 Å². The van der Waals surface area contributed by atoms with Crippen LogP contribution >= 0.6 is 0 Å². The highest BCUT2D eigenvalue weighted by molar-refractivity contribution is 5.80. The van der Waals surface area contributed by atoms with Gasteiger partial charge in [-0.15, -0.1) is 0 Å². The first-order chi connectivity index (χ1) is 13.7. The number of rotatable bonds is 11. The Labute approximate surface area is 169 Å². The van der Waals surface area contributed by atoms with Crippen LogP contribution in [-0.2, 0) is 0 Å². The molecule has 0 unspecified atom stereocenters. The third-order valence-corrected chi connectivity index (χ3v) is 5.39. The number of ether oxygens (including phenoxy) is 1. The second-order valence-corrected chi connectivity index (χ2v) is 7.68. The van der Waals surface area contributed by atoms with Crippen LogP contribution in [0.1, 0.15) is 77.5 Å². The van der Waals surface area contributed by atoms with E-state index in [0.29, 0.717) is 5.92 Å². The van der Waals surface area contributed by atoms with Crippen molar-refractivity contribution in [2.24, 2.45) is 0 Å². The number of hydrogen-bond donors (Lipinski definition) is 0. The van der Waals surface area contributed by atoms with Crippen LogP contribution in [0.3, 0.4) is 0 Å². The predicted octanol–water partition coefficient (Wildman–Crippen LogP) is 7.75. The van der Waals surface area contributed by atoms with Crippen molar-refractivity contribution in [3.63, 3.8) is 0 Å². The first-order valence-electron chi connectivity index (χ1n) is 10.8. The van der Waals surface area contributed by atoms with Gasteiger partial charge in [-0.1, -0.05) is 71.1 Å². The highest BCUT2D eigenvalue weighted by Crippen LogP contribution is 2.28. The summed E-state index contributed by atoms with van der Waals surface area (Å²) in [7, 11) is 0. The van der Waals surface area contributed by atoms with Gasteiger partial charge in [0.2, 0.25) is 0 Å². The van der Waals surface area contributed by atoms with E-state index in [4.69, 9.17) is 9.15 Å². The Morgan fingerprint density at radius 1 is 0.893 bits per heavy atom. The SMILES string of the molecule is CCCCCCCCOc1ccc(-c2ccc3oc([C@@H](C)CC)nc3c2)cc1. The van der Waals surface area contributed by atoms with Crippen LogP contribution in [0.25, 0.3) is 22.2 Å². The van der Waals surface area contributed by atoms with Gasteiger partial charge < -0.3 is 9.15 Å². The maximum Gasteiger partial charge on any atom is 0.198 e. The lowest BCUT2D eigenvalue weighted by Gasteiger charge is -2.07. The highest BCUT2D eigenvalue weighted by atomic mass is 16.5. The Hall–Kier alpha value is -2.29. The van der Waals surface area contributed by atoms with Crippen molar-refractivity contribution in [1.29, 1.82) is 0 Å². The number of benzene rings is 2. The summed E-state index contributed by atoms with van der Waals surface area (Å²) in [6.07, 6.45) is 8.73. The van der Waals surface area contributed by atoms with Gasteiger partial charge in [0.15, 0.2) is 11.5 Å². The number of unbranched alkanes of at least 4 members (excludes halogenated alkanes) is 5. The fraction of sp³-hybridized carbons (Fsp3) is 0.480. The van der Waals surface area contributed by atoms with Crippen molar-refractivity contribution in [2.45, 2.75) is 71.6 Å². The molecule has 0 saturated carbocycles. The van der Waals surface area contributed by atoms with Crippen LogP contribution in [-0.4, -0.2) is 11.6 Å². The summed E-state index contributed by atoms with van der Waals surface area (Å²) in [6, 6.07) is 14.6. The molecule has 1 heterocycles. The highest BCUT2D eigenvalue weighted by Gasteiger charge is 2.12. The molecule has 0 radical (unpaired) electrons. The lowest BCUT2D eigenvalue weighted by atomic mass is 10.1. The normalized spacial score (nSPS) is 12.4. The number of oxazole rings is 1. The average Bonchev–Trinajstić information content (AvgIpc) is 3.16. The van der Waals surface area contributed by atoms with Gasteiger partial charge in [0.1, 0.15) is 11.3 Å².